The largest absolute Gasteiger partial charge is 0.314 e. The van der Waals surface area contributed by atoms with E-state index in [0.29, 0.717) is 0 Å². The Bertz CT molecular complexity index is 206. The second-order valence-corrected chi connectivity index (χ2v) is 5.81. The fourth-order valence-electron chi connectivity index (χ4n) is 2.93. The van der Waals surface area contributed by atoms with E-state index in [1.54, 1.807) is 0 Å². The summed E-state index contributed by atoms with van der Waals surface area (Å²) in [4.78, 5) is 4.98. The average Bonchev–Trinajstić information content (AvgIpc) is 2.26. The lowest BCUT2D eigenvalue weighted by atomic mass is 9.96. The molecule has 0 amide bonds. The van der Waals surface area contributed by atoms with Crippen molar-refractivity contribution in [1.29, 1.82) is 0 Å². The van der Waals surface area contributed by atoms with E-state index in [1.165, 1.54) is 32.4 Å². The molecule has 0 radical (unpaired) electrons. The van der Waals surface area contributed by atoms with Crippen molar-refractivity contribution in [2.45, 2.75) is 58.2 Å². The van der Waals surface area contributed by atoms with Crippen molar-refractivity contribution in [1.82, 2.24) is 15.1 Å². The Morgan fingerprint density at radius 3 is 2.65 bits per heavy atom. The van der Waals surface area contributed by atoms with Gasteiger partial charge in [-0.2, -0.15) is 0 Å². The predicted molar refractivity (Wildman–Crippen MR) is 75.5 cm³/mol. The Labute approximate surface area is 108 Å². The van der Waals surface area contributed by atoms with Gasteiger partial charge in [0, 0.05) is 24.7 Å². The minimum atomic E-state index is 0.718. The molecule has 0 saturated carbocycles. The maximum atomic E-state index is 3.59. The first-order chi connectivity index (χ1) is 8.04. The normalized spacial score (nSPS) is 28.6. The summed E-state index contributed by atoms with van der Waals surface area (Å²) in [7, 11) is 4.32. The molecule has 17 heavy (non-hydrogen) atoms. The van der Waals surface area contributed by atoms with Crippen LogP contribution in [0.3, 0.4) is 0 Å². The van der Waals surface area contributed by atoms with Gasteiger partial charge < -0.3 is 10.2 Å². The third kappa shape index (κ3) is 4.94. The highest BCUT2D eigenvalue weighted by atomic mass is 15.2. The van der Waals surface area contributed by atoms with Crippen LogP contribution in [0.25, 0.3) is 0 Å². The topological polar surface area (TPSA) is 18.5 Å². The van der Waals surface area contributed by atoms with E-state index < -0.39 is 0 Å². The summed E-state index contributed by atoms with van der Waals surface area (Å²) >= 11 is 0. The van der Waals surface area contributed by atoms with Gasteiger partial charge in [-0.15, -0.1) is 0 Å². The van der Waals surface area contributed by atoms with E-state index in [2.05, 4.69) is 50.0 Å². The molecule has 1 fully saturated rings. The van der Waals surface area contributed by atoms with E-state index in [4.69, 9.17) is 0 Å². The summed E-state index contributed by atoms with van der Waals surface area (Å²) in [6.07, 6.45) is 3.90. The van der Waals surface area contributed by atoms with Crippen LogP contribution in [0.4, 0.5) is 0 Å². The summed E-state index contributed by atoms with van der Waals surface area (Å²) in [5.41, 5.74) is 0. The Hall–Kier alpha value is -0.120. The Kier molecular flexibility index (Phi) is 6.45. The Morgan fingerprint density at radius 2 is 2.12 bits per heavy atom. The first kappa shape index (κ1) is 14.9. The zero-order valence-corrected chi connectivity index (χ0v) is 12.4. The van der Waals surface area contributed by atoms with Crippen LogP contribution in [0.5, 0.6) is 0 Å². The standard InChI is InChI=1S/C14H31N3/c1-6-15-14-8-10-17(13(3)11-14)12(2)7-9-16(4)5/h12-15H,6-11H2,1-5H3. The molecule has 3 heteroatoms. The zero-order valence-electron chi connectivity index (χ0n) is 12.4. The van der Waals surface area contributed by atoms with Gasteiger partial charge in [0.25, 0.3) is 0 Å². The van der Waals surface area contributed by atoms with Crippen LogP contribution in [0, 0.1) is 0 Å². The van der Waals surface area contributed by atoms with E-state index >= 15 is 0 Å². The van der Waals surface area contributed by atoms with Gasteiger partial charge in [0.05, 0.1) is 0 Å². The molecule has 1 rings (SSSR count). The van der Waals surface area contributed by atoms with E-state index in [9.17, 15) is 0 Å². The number of likely N-dealkylation sites (tertiary alicyclic amines) is 1. The molecule has 1 N–H and O–H groups in total. The van der Waals surface area contributed by atoms with Crippen LogP contribution in [0.15, 0.2) is 0 Å². The quantitative estimate of drug-likeness (QED) is 0.765. The fourth-order valence-corrected chi connectivity index (χ4v) is 2.93. The number of hydrogen-bond donors (Lipinski definition) is 1. The maximum absolute atomic E-state index is 3.59. The molecule has 0 aromatic rings. The lowest BCUT2D eigenvalue weighted by Gasteiger charge is -2.41. The molecule has 102 valence electrons. The van der Waals surface area contributed by atoms with Gasteiger partial charge >= 0.3 is 0 Å². The minimum absolute atomic E-state index is 0.718. The molecule has 0 aromatic carbocycles. The molecule has 1 aliphatic rings. The average molecular weight is 241 g/mol. The smallest absolute Gasteiger partial charge is 0.00939 e. The number of rotatable bonds is 6. The molecule has 3 atom stereocenters. The molecule has 0 aromatic heterocycles. The summed E-state index contributed by atoms with van der Waals surface area (Å²) in [6.45, 7) is 10.5. The van der Waals surface area contributed by atoms with Gasteiger partial charge in [-0.3, -0.25) is 4.90 Å². The van der Waals surface area contributed by atoms with E-state index in [1.807, 2.05) is 0 Å². The molecular formula is C14H31N3. The predicted octanol–water partition coefficient (Wildman–Crippen LogP) is 1.79. The summed E-state index contributed by atoms with van der Waals surface area (Å²) in [5, 5.41) is 3.59. The van der Waals surface area contributed by atoms with Crippen molar-refractivity contribution in [2.24, 2.45) is 0 Å². The van der Waals surface area contributed by atoms with Crippen LogP contribution in [-0.2, 0) is 0 Å². The second-order valence-electron chi connectivity index (χ2n) is 5.81. The van der Waals surface area contributed by atoms with Crippen LogP contribution in [-0.4, -0.2) is 61.7 Å². The molecular weight excluding hydrogens is 210 g/mol. The van der Waals surface area contributed by atoms with Gasteiger partial charge in [-0.1, -0.05) is 6.92 Å². The van der Waals surface area contributed by atoms with Crippen molar-refractivity contribution in [3.05, 3.63) is 0 Å². The molecule has 3 unspecified atom stereocenters. The van der Waals surface area contributed by atoms with Gasteiger partial charge in [0.1, 0.15) is 0 Å². The number of piperidine rings is 1. The third-order valence-corrected chi connectivity index (χ3v) is 3.98. The van der Waals surface area contributed by atoms with Crippen molar-refractivity contribution < 1.29 is 0 Å². The van der Waals surface area contributed by atoms with Crippen molar-refractivity contribution >= 4 is 0 Å². The number of hydrogen-bond acceptors (Lipinski definition) is 3. The van der Waals surface area contributed by atoms with Crippen LogP contribution in [0.2, 0.25) is 0 Å². The molecule has 0 bridgehead atoms. The summed E-state index contributed by atoms with van der Waals surface area (Å²) in [5.74, 6) is 0. The molecule has 1 aliphatic heterocycles. The summed E-state index contributed by atoms with van der Waals surface area (Å²) < 4.78 is 0. The van der Waals surface area contributed by atoms with Crippen LogP contribution >= 0.6 is 0 Å². The maximum Gasteiger partial charge on any atom is 0.00939 e. The highest BCUT2D eigenvalue weighted by molar-refractivity contribution is 4.85. The second kappa shape index (κ2) is 7.34. The fraction of sp³-hybridized carbons (Fsp3) is 1.00. The molecule has 0 aliphatic carbocycles. The number of nitrogens with zero attached hydrogens (tertiary/aromatic N) is 2. The van der Waals surface area contributed by atoms with Gasteiger partial charge in [-0.05, 0) is 60.3 Å². The lowest BCUT2D eigenvalue weighted by molar-refractivity contribution is 0.0879. The first-order valence-electron chi connectivity index (χ1n) is 7.18. The highest BCUT2D eigenvalue weighted by Gasteiger charge is 2.27. The molecule has 0 spiro atoms. The van der Waals surface area contributed by atoms with E-state index in [0.717, 1.165) is 24.7 Å². The van der Waals surface area contributed by atoms with Crippen LogP contribution < -0.4 is 5.32 Å². The van der Waals surface area contributed by atoms with Crippen molar-refractivity contribution in [3.8, 4) is 0 Å². The zero-order chi connectivity index (χ0) is 12.8. The summed E-state index contributed by atoms with van der Waals surface area (Å²) in [6, 6.07) is 2.19. The molecule has 1 heterocycles. The monoisotopic (exact) mass is 241 g/mol. The Balaban J connectivity index is 2.34. The van der Waals surface area contributed by atoms with Gasteiger partial charge in [0.15, 0.2) is 0 Å². The SMILES string of the molecule is CCNC1CCN(C(C)CCN(C)C)C(C)C1. The van der Waals surface area contributed by atoms with Crippen molar-refractivity contribution in [2.75, 3.05) is 33.7 Å². The van der Waals surface area contributed by atoms with Crippen LogP contribution in [0.1, 0.15) is 40.0 Å². The molecule has 1 saturated heterocycles. The minimum Gasteiger partial charge on any atom is -0.314 e. The lowest BCUT2D eigenvalue weighted by Crippen LogP contribution is -2.51. The molecule has 3 nitrogen and oxygen atoms in total. The van der Waals surface area contributed by atoms with Gasteiger partial charge in [-0.25, -0.2) is 0 Å². The van der Waals surface area contributed by atoms with Gasteiger partial charge in [0.2, 0.25) is 0 Å². The van der Waals surface area contributed by atoms with Crippen molar-refractivity contribution in [3.63, 3.8) is 0 Å². The highest BCUT2D eigenvalue weighted by Crippen LogP contribution is 2.21. The Morgan fingerprint density at radius 1 is 1.41 bits per heavy atom. The third-order valence-electron chi connectivity index (χ3n) is 3.98. The number of nitrogens with one attached hydrogen (secondary N) is 1. The van der Waals surface area contributed by atoms with E-state index in [-0.39, 0.29) is 0 Å². The first-order valence-corrected chi connectivity index (χ1v) is 7.18.